The monoisotopic (exact) mass is 724 g/mol. The summed E-state index contributed by atoms with van der Waals surface area (Å²) in [6.07, 6.45) is 0. The summed E-state index contributed by atoms with van der Waals surface area (Å²) in [6.45, 7) is 0. The lowest BCUT2D eigenvalue weighted by atomic mass is 9.97. The number of rotatable bonds is 6. The van der Waals surface area contributed by atoms with E-state index in [2.05, 4.69) is 6.07 Å². The third-order valence-corrected chi connectivity index (χ3v) is 10.1. The van der Waals surface area contributed by atoms with Gasteiger partial charge >= 0.3 is 0 Å². The molecule has 8 aromatic carbocycles. The summed E-state index contributed by atoms with van der Waals surface area (Å²) in [5.41, 5.74) is 7.25. The van der Waals surface area contributed by atoms with Gasteiger partial charge in [0.1, 0.15) is 11.2 Å². The second-order valence-corrected chi connectivity index (χ2v) is 13.4. The van der Waals surface area contributed by atoms with Gasteiger partial charge in [0.05, 0.1) is 27.7 Å². The van der Waals surface area contributed by atoms with E-state index in [4.69, 9.17) is 27.6 Å². The number of hydrogen-bond donors (Lipinski definition) is 0. The van der Waals surface area contributed by atoms with E-state index in [1.807, 2.05) is 133 Å². The van der Waals surface area contributed by atoms with Gasteiger partial charge in [0, 0.05) is 38.2 Å². The molecule has 0 fully saturated rings. The summed E-state index contributed by atoms with van der Waals surface area (Å²) in [6, 6.07) is 43.1. The SMILES string of the molecule is [2H]c1c([2H])c([2H])c2c(c1[2H])c1c([2H])c([2H])c([2H])c([2H])c1n2-c1ccc(-c2cccc(-c3ccccc3)c2)cc1-c1nc(-c2ccccc2)nc(-c2ccc3oc4ccccc4c3c2)n1. The van der Waals surface area contributed by atoms with Crippen LogP contribution in [0, 0.1) is 0 Å². The van der Waals surface area contributed by atoms with Crippen molar-refractivity contribution in [3.05, 3.63) is 194 Å². The lowest BCUT2D eigenvalue weighted by Gasteiger charge is -2.16. The highest BCUT2D eigenvalue weighted by atomic mass is 16.3. The highest BCUT2D eigenvalue weighted by Crippen LogP contribution is 2.39. The third-order valence-electron chi connectivity index (χ3n) is 10.1. The first-order valence-corrected chi connectivity index (χ1v) is 18.1. The van der Waals surface area contributed by atoms with Crippen LogP contribution in [0.3, 0.4) is 0 Å². The van der Waals surface area contributed by atoms with Crippen LogP contribution in [0.4, 0.5) is 0 Å². The predicted molar refractivity (Wildman–Crippen MR) is 229 cm³/mol. The van der Waals surface area contributed by atoms with Crippen LogP contribution in [-0.2, 0) is 0 Å². The lowest BCUT2D eigenvalue weighted by Crippen LogP contribution is -2.04. The molecule has 0 N–H and O–H groups in total. The number of para-hydroxylation sites is 3. The molecule has 262 valence electrons. The first-order valence-electron chi connectivity index (χ1n) is 22.1. The van der Waals surface area contributed by atoms with Crippen molar-refractivity contribution < 1.29 is 15.4 Å². The van der Waals surface area contributed by atoms with Gasteiger partial charge in [-0.05, 0) is 76.8 Å². The summed E-state index contributed by atoms with van der Waals surface area (Å²) in [7, 11) is 0. The van der Waals surface area contributed by atoms with Crippen LogP contribution in [-0.4, -0.2) is 19.5 Å². The van der Waals surface area contributed by atoms with E-state index < -0.39 is 48.3 Å². The first-order chi connectivity index (χ1) is 31.1. The molecule has 0 saturated carbocycles. The molecular formula is C51H32N4O. The van der Waals surface area contributed by atoms with Crippen LogP contribution < -0.4 is 0 Å². The summed E-state index contributed by atoms with van der Waals surface area (Å²) in [5, 5.41) is 1.76. The van der Waals surface area contributed by atoms with Gasteiger partial charge in [-0.25, -0.2) is 15.0 Å². The smallest absolute Gasteiger partial charge is 0.166 e. The van der Waals surface area contributed by atoms with Gasteiger partial charge in [0.15, 0.2) is 17.5 Å². The molecule has 0 aliphatic rings. The second kappa shape index (κ2) is 13.0. The summed E-state index contributed by atoms with van der Waals surface area (Å²) in [5.74, 6) is 0.935. The van der Waals surface area contributed by atoms with E-state index in [0.717, 1.165) is 44.2 Å². The van der Waals surface area contributed by atoms with Crippen molar-refractivity contribution in [2.75, 3.05) is 0 Å². The molecule has 0 bridgehead atoms. The largest absolute Gasteiger partial charge is 0.456 e. The quantitative estimate of drug-likeness (QED) is 0.171. The minimum absolute atomic E-state index is 0.0112. The molecule has 3 heterocycles. The Hall–Kier alpha value is -7.63. The van der Waals surface area contributed by atoms with Crippen LogP contribution in [0.5, 0.6) is 0 Å². The van der Waals surface area contributed by atoms with Gasteiger partial charge < -0.3 is 8.98 Å². The fourth-order valence-electron chi connectivity index (χ4n) is 7.47. The molecule has 56 heavy (non-hydrogen) atoms. The maximum absolute atomic E-state index is 9.28. The van der Waals surface area contributed by atoms with E-state index in [0.29, 0.717) is 34.0 Å². The summed E-state index contributed by atoms with van der Waals surface area (Å²) < 4.78 is 79.2. The summed E-state index contributed by atoms with van der Waals surface area (Å²) >= 11 is 0. The molecule has 11 aromatic rings. The van der Waals surface area contributed by atoms with Gasteiger partial charge in [0.25, 0.3) is 0 Å². The van der Waals surface area contributed by atoms with Gasteiger partial charge in [-0.2, -0.15) is 0 Å². The number of aromatic nitrogens is 4. The highest BCUT2D eigenvalue weighted by molar-refractivity contribution is 6.10. The van der Waals surface area contributed by atoms with Crippen molar-refractivity contribution in [1.29, 1.82) is 0 Å². The zero-order valence-corrected chi connectivity index (χ0v) is 29.6. The van der Waals surface area contributed by atoms with E-state index in [-0.39, 0.29) is 27.6 Å². The van der Waals surface area contributed by atoms with Crippen molar-refractivity contribution in [3.63, 3.8) is 0 Å². The Morgan fingerprint density at radius 2 is 0.946 bits per heavy atom. The van der Waals surface area contributed by atoms with Crippen molar-refractivity contribution in [1.82, 2.24) is 19.5 Å². The molecular weight excluding hydrogens is 685 g/mol. The van der Waals surface area contributed by atoms with Crippen LogP contribution in [0.2, 0.25) is 0 Å². The van der Waals surface area contributed by atoms with Crippen molar-refractivity contribution in [3.8, 4) is 62.1 Å². The third kappa shape index (κ3) is 5.37. The van der Waals surface area contributed by atoms with Crippen LogP contribution >= 0.6 is 0 Å². The van der Waals surface area contributed by atoms with Crippen LogP contribution in [0.25, 0.3) is 106 Å². The normalized spacial score (nSPS) is 13.6. The van der Waals surface area contributed by atoms with E-state index in [9.17, 15) is 2.74 Å². The van der Waals surface area contributed by atoms with Crippen LogP contribution in [0.15, 0.2) is 198 Å². The standard InChI is InChI=1S/C51H32N4O/c1-3-14-33(15-4-1)35-18-13-19-36(30-35)37-26-28-46(55-44-23-10-7-20-39(44)40-21-8-11-24-45(40)55)43(31-37)51-53-49(34-16-5-2-6-17-34)52-50(54-51)38-27-29-48-42(32-38)41-22-9-12-25-47(41)56-48/h1-32H/i7D,8D,10D,11D,20D,21D,23D,24D. The lowest BCUT2D eigenvalue weighted by molar-refractivity contribution is 0.669. The Morgan fingerprint density at radius 1 is 0.393 bits per heavy atom. The molecule has 0 atom stereocenters. The van der Waals surface area contributed by atoms with Crippen LogP contribution in [0.1, 0.15) is 11.0 Å². The Labute approximate surface area is 334 Å². The molecule has 0 radical (unpaired) electrons. The molecule has 0 aliphatic heterocycles. The first kappa shape index (κ1) is 24.6. The summed E-state index contributed by atoms with van der Waals surface area (Å²) in [4.78, 5) is 15.3. The Bertz CT molecular complexity index is 3640. The van der Waals surface area contributed by atoms with Crippen molar-refractivity contribution in [2.45, 2.75) is 0 Å². The van der Waals surface area contributed by atoms with Gasteiger partial charge in [0.2, 0.25) is 0 Å². The maximum atomic E-state index is 9.28. The van der Waals surface area contributed by atoms with E-state index >= 15 is 0 Å². The maximum Gasteiger partial charge on any atom is 0.166 e. The Kier molecular flexibility index (Phi) is 5.74. The molecule has 0 unspecified atom stereocenters. The number of furan rings is 1. The number of fused-ring (bicyclic) bond motifs is 6. The fourth-order valence-corrected chi connectivity index (χ4v) is 7.47. The minimum Gasteiger partial charge on any atom is -0.456 e. The molecule has 11 rings (SSSR count). The van der Waals surface area contributed by atoms with E-state index in [1.54, 1.807) is 6.07 Å². The zero-order chi connectivity index (χ0) is 44.0. The van der Waals surface area contributed by atoms with E-state index in [1.165, 1.54) is 4.57 Å². The fraction of sp³-hybridized carbons (Fsp3) is 0. The number of hydrogen-bond acceptors (Lipinski definition) is 4. The predicted octanol–water partition coefficient (Wildman–Crippen LogP) is 13.2. The molecule has 5 nitrogen and oxygen atoms in total. The number of benzene rings is 8. The number of nitrogens with zero attached hydrogens (tertiary/aromatic N) is 4. The molecule has 0 aliphatic carbocycles. The molecule has 0 spiro atoms. The molecule has 3 aromatic heterocycles. The van der Waals surface area contributed by atoms with Gasteiger partial charge in [-0.15, -0.1) is 0 Å². The Morgan fingerprint density at radius 3 is 1.70 bits per heavy atom. The van der Waals surface area contributed by atoms with Crippen molar-refractivity contribution in [2.24, 2.45) is 0 Å². The Balaban J connectivity index is 1.25. The second-order valence-electron chi connectivity index (χ2n) is 13.4. The van der Waals surface area contributed by atoms with Crippen molar-refractivity contribution >= 4 is 43.7 Å². The van der Waals surface area contributed by atoms with Gasteiger partial charge in [-0.1, -0.05) is 139 Å². The average molecular weight is 725 g/mol. The minimum atomic E-state index is -0.519. The topological polar surface area (TPSA) is 56.7 Å². The van der Waals surface area contributed by atoms with Gasteiger partial charge in [-0.3, -0.25) is 0 Å². The molecule has 0 saturated heterocycles. The zero-order valence-electron chi connectivity index (χ0n) is 37.6. The molecule has 0 amide bonds. The highest BCUT2D eigenvalue weighted by Gasteiger charge is 2.21. The average Bonchev–Trinajstić information content (AvgIpc) is 3.91. The molecule has 5 heteroatoms.